The average molecular weight is 312 g/mol. The monoisotopic (exact) mass is 312 g/mol. The fraction of sp³-hybridized carbons (Fsp3) is 0.250. The molecule has 19 heavy (non-hydrogen) atoms. The Morgan fingerprint density at radius 1 is 1.21 bits per heavy atom. The molecule has 1 rings (SSSR count). The van der Waals surface area contributed by atoms with Crippen LogP contribution < -0.4 is 0 Å². The summed E-state index contributed by atoms with van der Waals surface area (Å²) in [5, 5.41) is 10.7. The van der Waals surface area contributed by atoms with Crippen LogP contribution in [-0.4, -0.2) is 40.2 Å². The van der Waals surface area contributed by atoms with Gasteiger partial charge in [0, 0.05) is 20.2 Å². The van der Waals surface area contributed by atoms with E-state index in [1.54, 1.807) is 0 Å². The van der Waals surface area contributed by atoms with Gasteiger partial charge in [-0.05, 0) is 12.1 Å². The Morgan fingerprint density at radius 3 is 2.11 bits per heavy atom. The number of sulfonamides is 1. The highest BCUT2D eigenvalue weighted by molar-refractivity contribution is 7.89. The van der Waals surface area contributed by atoms with Crippen molar-refractivity contribution in [1.29, 1.82) is 0 Å². The first-order chi connectivity index (χ1) is 8.48. The van der Waals surface area contributed by atoms with Crippen LogP contribution in [0.3, 0.4) is 0 Å². The van der Waals surface area contributed by atoms with Gasteiger partial charge in [-0.1, -0.05) is 0 Å². The summed E-state index contributed by atoms with van der Waals surface area (Å²) in [6, 6.07) is 1.83. The van der Waals surface area contributed by atoms with E-state index in [-0.39, 0.29) is 0 Å². The Kier molecular flexibility index (Phi) is 3.93. The van der Waals surface area contributed by atoms with Gasteiger partial charge >= 0.3 is 10.2 Å². The number of hydrogen-bond acceptors (Lipinski definition) is 6. The van der Waals surface area contributed by atoms with Crippen LogP contribution in [0.1, 0.15) is 0 Å². The van der Waals surface area contributed by atoms with Crippen molar-refractivity contribution in [3.63, 3.8) is 0 Å². The first-order valence-corrected chi connectivity index (χ1v) is 7.46. The largest absolute Gasteiger partial charge is 0.338 e. The molecular weight excluding hydrogens is 303 g/mol. The Bertz CT molecular complexity index is 726. The molecule has 0 aliphatic carbocycles. The van der Waals surface area contributed by atoms with E-state index < -0.39 is 40.6 Å². The summed E-state index contributed by atoms with van der Waals surface area (Å²) in [5.41, 5.74) is -1.13. The van der Waals surface area contributed by atoms with Gasteiger partial charge < -0.3 is 0 Å². The van der Waals surface area contributed by atoms with Crippen molar-refractivity contribution in [3.8, 4) is 0 Å². The smallest absolute Gasteiger partial charge is 0.258 e. The van der Waals surface area contributed by atoms with Crippen LogP contribution in [0, 0.1) is 10.1 Å². The van der Waals surface area contributed by atoms with Crippen LogP contribution in [0.15, 0.2) is 28.0 Å². The molecule has 0 amide bonds. The third-order valence-corrected chi connectivity index (χ3v) is 4.85. The van der Waals surface area contributed by atoms with Gasteiger partial charge in [-0.25, -0.2) is 12.7 Å². The molecular formula is C8H9FN2O6S2. The standard InChI is InChI=1S/C8H9FN2O6S2/c1-10(2)19(16,17)6-3-4-8(18(9,14)15)7(5-6)11(12)13/h3-5H,1-2H3. The summed E-state index contributed by atoms with van der Waals surface area (Å²) in [7, 11) is -6.90. The van der Waals surface area contributed by atoms with Crippen molar-refractivity contribution in [3.05, 3.63) is 28.3 Å². The molecule has 106 valence electrons. The van der Waals surface area contributed by atoms with Crippen molar-refractivity contribution in [1.82, 2.24) is 4.31 Å². The Morgan fingerprint density at radius 2 is 1.74 bits per heavy atom. The van der Waals surface area contributed by atoms with Gasteiger partial charge in [0.15, 0.2) is 4.90 Å². The molecule has 0 atom stereocenters. The minimum atomic E-state index is -5.31. The van der Waals surface area contributed by atoms with Crippen molar-refractivity contribution in [2.45, 2.75) is 9.79 Å². The van der Waals surface area contributed by atoms with E-state index in [2.05, 4.69) is 0 Å². The van der Waals surface area contributed by atoms with Gasteiger partial charge in [-0.3, -0.25) is 10.1 Å². The van der Waals surface area contributed by atoms with Gasteiger partial charge in [0.1, 0.15) is 0 Å². The Balaban J connectivity index is 3.64. The van der Waals surface area contributed by atoms with Gasteiger partial charge in [-0.15, -0.1) is 3.89 Å². The minimum Gasteiger partial charge on any atom is -0.258 e. The number of benzene rings is 1. The molecule has 0 spiro atoms. The van der Waals surface area contributed by atoms with Gasteiger partial charge in [0.2, 0.25) is 10.0 Å². The number of nitrogens with zero attached hydrogens (tertiary/aromatic N) is 2. The summed E-state index contributed by atoms with van der Waals surface area (Å²) in [6.07, 6.45) is 0. The van der Waals surface area contributed by atoms with Crippen LogP contribution in [0.2, 0.25) is 0 Å². The lowest BCUT2D eigenvalue weighted by molar-refractivity contribution is -0.388. The summed E-state index contributed by atoms with van der Waals surface area (Å²) in [4.78, 5) is 7.83. The van der Waals surface area contributed by atoms with E-state index in [0.717, 1.165) is 10.4 Å². The average Bonchev–Trinajstić information content (AvgIpc) is 2.26. The summed E-state index contributed by atoms with van der Waals surface area (Å²) in [6.45, 7) is 0. The molecule has 0 saturated heterocycles. The third-order valence-electron chi connectivity index (χ3n) is 2.17. The lowest BCUT2D eigenvalue weighted by Crippen LogP contribution is -2.22. The van der Waals surface area contributed by atoms with Gasteiger partial charge in [0.05, 0.1) is 9.82 Å². The number of hydrogen-bond donors (Lipinski definition) is 0. The maximum absolute atomic E-state index is 12.8. The summed E-state index contributed by atoms with van der Waals surface area (Å²) in [5.74, 6) is 0. The molecule has 8 nitrogen and oxygen atoms in total. The van der Waals surface area contributed by atoms with E-state index in [0.29, 0.717) is 12.1 Å². The second-order valence-corrected chi connectivity index (χ2v) is 7.08. The van der Waals surface area contributed by atoms with E-state index in [1.807, 2.05) is 0 Å². The van der Waals surface area contributed by atoms with Gasteiger partial charge in [0.25, 0.3) is 5.69 Å². The molecule has 0 aromatic heterocycles. The molecule has 0 heterocycles. The molecule has 0 fully saturated rings. The van der Waals surface area contributed by atoms with Gasteiger partial charge in [-0.2, -0.15) is 8.42 Å². The van der Waals surface area contributed by atoms with Crippen molar-refractivity contribution >= 4 is 25.9 Å². The summed E-state index contributed by atoms with van der Waals surface area (Å²) >= 11 is 0. The Hall–Kier alpha value is -1.59. The number of nitro groups is 1. The number of nitro benzene ring substituents is 1. The highest BCUT2D eigenvalue weighted by atomic mass is 32.3. The fourth-order valence-electron chi connectivity index (χ4n) is 1.22. The zero-order valence-corrected chi connectivity index (χ0v) is 11.4. The van der Waals surface area contributed by atoms with E-state index in [9.17, 15) is 30.8 Å². The molecule has 0 aliphatic heterocycles. The van der Waals surface area contributed by atoms with E-state index in [1.165, 1.54) is 14.1 Å². The number of halogens is 1. The SMILES string of the molecule is CN(C)S(=O)(=O)c1ccc(S(=O)(=O)F)c([N+](=O)[O-])c1. The first kappa shape index (κ1) is 15.5. The zero-order valence-electron chi connectivity index (χ0n) is 9.77. The van der Waals surface area contributed by atoms with Crippen LogP contribution in [-0.2, 0) is 20.2 Å². The molecule has 1 aromatic rings. The van der Waals surface area contributed by atoms with Crippen LogP contribution >= 0.6 is 0 Å². The highest BCUT2D eigenvalue weighted by Crippen LogP contribution is 2.28. The second-order valence-electron chi connectivity index (χ2n) is 3.61. The molecule has 0 bridgehead atoms. The normalized spacial score (nSPS) is 12.6. The lowest BCUT2D eigenvalue weighted by atomic mass is 10.3. The molecule has 0 unspecified atom stereocenters. The topological polar surface area (TPSA) is 115 Å². The minimum absolute atomic E-state index is 0.502. The highest BCUT2D eigenvalue weighted by Gasteiger charge is 2.29. The lowest BCUT2D eigenvalue weighted by Gasteiger charge is -2.11. The van der Waals surface area contributed by atoms with Crippen molar-refractivity contribution in [2.24, 2.45) is 0 Å². The third kappa shape index (κ3) is 3.05. The Labute approximate surface area is 108 Å². The first-order valence-electron chi connectivity index (χ1n) is 4.63. The fourth-order valence-corrected chi connectivity index (χ4v) is 2.75. The molecule has 0 saturated carbocycles. The predicted octanol–water partition coefficient (Wildman–Crippen LogP) is 0.503. The number of rotatable bonds is 4. The second kappa shape index (κ2) is 4.83. The van der Waals surface area contributed by atoms with Crippen LogP contribution in [0.25, 0.3) is 0 Å². The predicted molar refractivity (Wildman–Crippen MR) is 62.3 cm³/mol. The maximum Gasteiger partial charge on any atom is 0.338 e. The van der Waals surface area contributed by atoms with E-state index >= 15 is 0 Å². The van der Waals surface area contributed by atoms with Crippen LogP contribution in [0.4, 0.5) is 9.57 Å². The molecule has 1 aromatic carbocycles. The zero-order chi connectivity index (χ0) is 15.0. The van der Waals surface area contributed by atoms with E-state index in [4.69, 9.17) is 0 Å². The summed E-state index contributed by atoms with van der Waals surface area (Å²) < 4.78 is 58.5. The maximum atomic E-state index is 12.8. The molecule has 11 heteroatoms. The van der Waals surface area contributed by atoms with Crippen molar-refractivity contribution in [2.75, 3.05) is 14.1 Å². The quantitative estimate of drug-likeness (QED) is 0.454. The van der Waals surface area contributed by atoms with Crippen LogP contribution in [0.5, 0.6) is 0 Å². The molecule has 0 N–H and O–H groups in total. The van der Waals surface area contributed by atoms with Crippen molar-refractivity contribution < 1.29 is 25.6 Å². The molecule has 0 aliphatic rings. The molecule has 0 radical (unpaired) electrons.